The zero-order chi connectivity index (χ0) is 14.1. The maximum atomic E-state index is 6.23. The van der Waals surface area contributed by atoms with Crippen LogP contribution < -0.4 is 5.32 Å². The van der Waals surface area contributed by atoms with Gasteiger partial charge in [-0.3, -0.25) is 0 Å². The molecular formula is C15H12Cl3NS. The third-order valence-electron chi connectivity index (χ3n) is 3.27. The van der Waals surface area contributed by atoms with Crippen molar-refractivity contribution in [1.29, 1.82) is 0 Å². The van der Waals surface area contributed by atoms with E-state index >= 15 is 0 Å². The van der Waals surface area contributed by atoms with Gasteiger partial charge in [-0.05, 0) is 48.4 Å². The van der Waals surface area contributed by atoms with Crippen molar-refractivity contribution in [3.05, 3.63) is 57.0 Å². The maximum absolute atomic E-state index is 6.23. The summed E-state index contributed by atoms with van der Waals surface area (Å²) in [5.41, 5.74) is 2.14. The molecule has 0 fully saturated rings. The summed E-state index contributed by atoms with van der Waals surface area (Å²) in [6.07, 6.45) is 1.04. The topological polar surface area (TPSA) is 12.0 Å². The predicted molar refractivity (Wildman–Crippen MR) is 89.6 cm³/mol. The summed E-state index contributed by atoms with van der Waals surface area (Å²) in [6, 6.07) is 11.8. The van der Waals surface area contributed by atoms with E-state index in [0.717, 1.165) is 22.9 Å². The molecule has 1 unspecified atom stereocenters. The zero-order valence-electron chi connectivity index (χ0n) is 10.5. The van der Waals surface area contributed by atoms with E-state index in [2.05, 4.69) is 11.4 Å². The summed E-state index contributed by atoms with van der Waals surface area (Å²) in [4.78, 5) is 1.28. The van der Waals surface area contributed by atoms with Crippen LogP contribution in [0.2, 0.25) is 15.1 Å². The summed E-state index contributed by atoms with van der Waals surface area (Å²) >= 11 is 20.1. The molecule has 0 amide bonds. The van der Waals surface area contributed by atoms with Crippen LogP contribution >= 0.6 is 46.6 Å². The average molecular weight is 345 g/mol. The van der Waals surface area contributed by atoms with Crippen molar-refractivity contribution < 1.29 is 0 Å². The smallest absolute Gasteiger partial charge is 0.0652 e. The van der Waals surface area contributed by atoms with E-state index in [0.29, 0.717) is 10.0 Å². The minimum atomic E-state index is 0.226. The molecule has 2 aromatic rings. The molecule has 1 aliphatic rings. The fraction of sp³-hybridized carbons (Fsp3) is 0.200. The Morgan fingerprint density at radius 3 is 2.55 bits per heavy atom. The second kappa shape index (κ2) is 6.07. The molecule has 0 radical (unpaired) electrons. The van der Waals surface area contributed by atoms with Crippen LogP contribution in [-0.2, 0) is 0 Å². The molecule has 1 heterocycles. The summed E-state index contributed by atoms with van der Waals surface area (Å²) in [6.45, 7) is 0. The molecular weight excluding hydrogens is 333 g/mol. The highest BCUT2D eigenvalue weighted by molar-refractivity contribution is 7.99. The van der Waals surface area contributed by atoms with Crippen LogP contribution in [0.1, 0.15) is 18.0 Å². The first-order valence-corrected chi connectivity index (χ1v) is 8.39. The monoisotopic (exact) mass is 343 g/mol. The summed E-state index contributed by atoms with van der Waals surface area (Å²) < 4.78 is 0. The average Bonchev–Trinajstić information content (AvgIpc) is 2.42. The van der Waals surface area contributed by atoms with Gasteiger partial charge in [0.2, 0.25) is 0 Å². The van der Waals surface area contributed by atoms with Crippen molar-refractivity contribution in [3.63, 3.8) is 0 Å². The minimum Gasteiger partial charge on any atom is -0.377 e. The molecule has 1 aliphatic heterocycles. The third kappa shape index (κ3) is 3.04. The fourth-order valence-electron chi connectivity index (χ4n) is 2.31. The Balaban J connectivity index is 1.91. The Kier molecular flexibility index (Phi) is 4.37. The number of anilines is 1. The fourth-order valence-corrected chi connectivity index (χ4v) is 4.06. The Labute approximate surface area is 137 Å². The van der Waals surface area contributed by atoms with Crippen molar-refractivity contribution in [1.82, 2.24) is 0 Å². The molecule has 0 saturated carbocycles. The van der Waals surface area contributed by atoms with Crippen LogP contribution in [0.3, 0.4) is 0 Å². The first-order chi connectivity index (χ1) is 9.63. The minimum absolute atomic E-state index is 0.226. The molecule has 104 valence electrons. The number of thioether (sulfide) groups is 1. The van der Waals surface area contributed by atoms with Gasteiger partial charge in [0.1, 0.15) is 0 Å². The van der Waals surface area contributed by atoms with Gasteiger partial charge in [-0.15, -0.1) is 11.8 Å². The highest BCUT2D eigenvalue weighted by atomic mass is 35.5. The van der Waals surface area contributed by atoms with Crippen molar-refractivity contribution >= 4 is 52.3 Å². The lowest BCUT2D eigenvalue weighted by molar-refractivity contribution is 0.729. The van der Waals surface area contributed by atoms with E-state index in [9.17, 15) is 0 Å². The Morgan fingerprint density at radius 2 is 1.75 bits per heavy atom. The lowest BCUT2D eigenvalue weighted by Crippen LogP contribution is -2.16. The van der Waals surface area contributed by atoms with Gasteiger partial charge in [0, 0.05) is 20.7 Å². The highest BCUT2D eigenvalue weighted by Crippen LogP contribution is 2.40. The molecule has 5 heteroatoms. The van der Waals surface area contributed by atoms with Gasteiger partial charge < -0.3 is 5.32 Å². The van der Waals surface area contributed by atoms with E-state index < -0.39 is 0 Å². The molecule has 0 aromatic heterocycles. The number of rotatable bonds is 2. The van der Waals surface area contributed by atoms with Gasteiger partial charge in [0.15, 0.2) is 0 Å². The second-order valence-corrected chi connectivity index (χ2v) is 7.06. The standard InChI is InChI=1S/C15H12Cl3NS/c16-9-2-4-15-11(7-9)13(5-6-20-15)19-14-3-1-10(17)8-12(14)18/h1-4,7-8,13,19H,5-6H2. The summed E-state index contributed by atoms with van der Waals surface area (Å²) in [5.74, 6) is 1.08. The normalized spacial score (nSPS) is 17.6. The molecule has 0 bridgehead atoms. The van der Waals surface area contributed by atoms with Crippen molar-refractivity contribution in [2.24, 2.45) is 0 Å². The molecule has 20 heavy (non-hydrogen) atoms. The van der Waals surface area contributed by atoms with Crippen LogP contribution in [0.15, 0.2) is 41.3 Å². The Hall–Kier alpha value is -0.540. The van der Waals surface area contributed by atoms with E-state index in [1.807, 2.05) is 36.0 Å². The van der Waals surface area contributed by atoms with E-state index in [4.69, 9.17) is 34.8 Å². The SMILES string of the molecule is Clc1ccc(NC2CCSc3ccc(Cl)cc32)c(Cl)c1. The molecule has 1 nitrogen and oxygen atoms in total. The maximum Gasteiger partial charge on any atom is 0.0652 e. The molecule has 0 spiro atoms. The van der Waals surface area contributed by atoms with Gasteiger partial charge >= 0.3 is 0 Å². The quantitative estimate of drug-likeness (QED) is 0.686. The van der Waals surface area contributed by atoms with Gasteiger partial charge in [-0.2, -0.15) is 0 Å². The zero-order valence-corrected chi connectivity index (χ0v) is 13.6. The van der Waals surface area contributed by atoms with Crippen LogP contribution in [0.5, 0.6) is 0 Å². The first-order valence-electron chi connectivity index (χ1n) is 6.27. The van der Waals surface area contributed by atoms with Crippen LogP contribution in [0, 0.1) is 0 Å². The number of hydrogen-bond donors (Lipinski definition) is 1. The van der Waals surface area contributed by atoms with E-state index in [1.54, 1.807) is 6.07 Å². The molecule has 1 atom stereocenters. The first kappa shape index (κ1) is 14.4. The summed E-state index contributed by atoms with van der Waals surface area (Å²) in [5, 5.41) is 5.54. The van der Waals surface area contributed by atoms with E-state index in [1.165, 1.54) is 10.5 Å². The molecule has 0 aliphatic carbocycles. The summed E-state index contributed by atoms with van der Waals surface area (Å²) in [7, 11) is 0. The lowest BCUT2D eigenvalue weighted by atomic mass is 10.0. The number of hydrogen-bond acceptors (Lipinski definition) is 2. The predicted octanol–water partition coefficient (Wildman–Crippen LogP) is 6.30. The van der Waals surface area contributed by atoms with Gasteiger partial charge in [-0.1, -0.05) is 34.8 Å². The van der Waals surface area contributed by atoms with Crippen molar-refractivity contribution in [2.75, 3.05) is 11.1 Å². The van der Waals surface area contributed by atoms with Gasteiger partial charge in [0.25, 0.3) is 0 Å². The number of halogens is 3. The van der Waals surface area contributed by atoms with Crippen LogP contribution in [-0.4, -0.2) is 5.75 Å². The van der Waals surface area contributed by atoms with Gasteiger partial charge in [0.05, 0.1) is 16.8 Å². The molecule has 2 aromatic carbocycles. The number of nitrogens with one attached hydrogen (secondary N) is 1. The van der Waals surface area contributed by atoms with Gasteiger partial charge in [-0.25, -0.2) is 0 Å². The molecule has 1 N–H and O–H groups in total. The van der Waals surface area contributed by atoms with Crippen molar-refractivity contribution in [2.45, 2.75) is 17.4 Å². The van der Waals surface area contributed by atoms with Crippen LogP contribution in [0.25, 0.3) is 0 Å². The molecule has 3 rings (SSSR count). The Morgan fingerprint density at radius 1 is 1.00 bits per heavy atom. The van der Waals surface area contributed by atoms with Crippen LogP contribution in [0.4, 0.5) is 5.69 Å². The highest BCUT2D eigenvalue weighted by Gasteiger charge is 2.21. The number of fused-ring (bicyclic) bond motifs is 1. The lowest BCUT2D eigenvalue weighted by Gasteiger charge is -2.27. The Bertz CT molecular complexity index is 645. The second-order valence-electron chi connectivity index (χ2n) is 4.64. The third-order valence-corrected chi connectivity index (χ3v) is 5.18. The van der Waals surface area contributed by atoms with Crippen molar-refractivity contribution in [3.8, 4) is 0 Å². The largest absolute Gasteiger partial charge is 0.377 e. The van der Waals surface area contributed by atoms with E-state index in [-0.39, 0.29) is 6.04 Å². The number of benzene rings is 2. The molecule has 0 saturated heterocycles.